The van der Waals surface area contributed by atoms with Crippen LogP contribution in [-0.4, -0.2) is 87.5 Å². The molecule has 0 bridgehead atoms. The topological polar surface area (TPSA) is 149 Å². The molecule has 0 spiro atoms. The highest BCUT2D eigenvalue weighted by molar-refractivity contribution is 5.76. The molecule has 0 aromatic carbocycles. The van der Waals surface area contributed by atoms with E-state index in [2.05, 4.69) is 19.2 Å². The molecule has 47 heavy (non-hydrogen) atoms. The zero-order chi connectivity index (χ0) is 34.5. The molecule has 2 unspecified atom stereocenters. The van der Waals surface area contributed by atoms with Gasteiger partial charge in [-0.15, -0.1) is 0 Å². The number of amides is 1. The van der Waals surface area contributed by atoms with Gasteiger partial charge in [0.2, 0.25) is 5.91 Å². The maximum absolute atomic E-state index is 12.8. The van der Waals surface area contributed by atoms with Gasteiger partial charge in [0.05, 0.1) is 25.4 Å². The van der Waals surface area contributed by atoms with Gasteiger partial charge in [0.1, 0.15) is 24.4 Å². The lowest BCUT2D eigenvalue weighted by Gasteiger charge is -2.40. The van der Waals surface area contributed by atoms with Crippen LogP contribution < -0.4 is 5.32 Å². The van der Waals surface area contributed by atoms with Crippen LogP contribution in [0.2, 0.25) is 0 Å². The summed E-state index contributed by atoms with van der Waals surface area (Å²) in [5.74, 6) is -0.179. The van der Waals surface area contributed by atoms with E-state index in [-0.39, 0.29) is 12.5 Å². The number of nitrogens with one attached hydrogen (secondary N) is 1. The standard InChI is InChI=1S/C38H73NO8/c1-3-5-7-9-11-13-15-16-17-18-20-22-24-26-28-34(42)39-31(30-46-38-37(45)36(44)35(43)33(29-40)47-38)32(41)27-25-23-21-19-14-12-10-8-6-4-2/h25,27,31-33,35-38,40-41,43-45H,3-24,26,28-30H2,1-2H3,(H,39,42)/b27-25+/t31-,32+,33-,35-,36?,37?,38-/m0/s1. The molecule has 0 saturated carbocycles. The number of carbonyl (C=O) groups is 1. The molecule has 1 saturated heterocycles. The van der Waals surface area contributed by atoms with Crippen molar-refractivity contribution < 1.29 is 39.8 Å². The summed E-state index contributed by atoms with van der Waals surface area (Å²) in [4.78, 5) is 12.8. The molecule has 9 nitrogen and oxygen atoms in total. The van der Waals surface area contributed by atoms with Crippen LogP contribution in [0.4, 0.5) is 0 Å². The summed E-state index contributed by atoms with van der Waals surface area (Å²) in [6.07, 6.45) is 24.0. The Morgan fingerprint density at radius 2 is 1.17 bits per heavy atom. The Labute approximate surface area is 286 Å². The predicted molar refractivity (Wildman–Crippen MR) is 189 cm³/mol. The predicted octanol–water partition coefficient (Wildman–Crippen LogP) is 6.61. The first-order valence-corrected chi connectivity index (χ1v) is 19.4. The molecule has 0 aromatic rings. The second-order valence-electron chi connectivity index (χ2n) is 13.7. The van der Waals surface area contributed by atoms with E-state index < -0.39 is 49.5 Å². The molecule has 6 N–H and O–H groups in total. The molecule has 1 aliphatic rings. The number of allylic oxidation sites excluding steroid dienone is 1. The van der Waals surface area contributed by atoms with Crippen molar-refractivity contribution in [2.45, 2.75) is 211 Å². The smallest absolute Gasteiger partial charge is 0.220 e. The average molecular weight is 672 g/mol. The third-order valence-corrected chi connectivity index (χ3v) is 9.36. The van der Waals surface area contributed by atoms with Gasteiger partial charge in [-0.05, 0) is 19.3 Å². The van der Waals surface area contributed by atoms with E-state index >= 15 is 0 Å². The second-order valence-corrected chi connectivity index (χ2v) is 13.7. The Hall–Kier alpha value is -1.07. The van der Waals surface area contributed by atoms with Crippen molar-refractivity contribution in [2.24, 2.45) is 0 Å². The Morgan fingerprint density at radius 3 is 1.66 bits per heavy atom. The van der Waals surface area contributed by atoms with E-state index in [1.807, 2.05) is 6.08 Å². The summed E-state index contributed by atoms with van der Waals surface area (Å²) < 4.78 is 11.1. The highest BCUT2D eigenvalue weighted by atomic mass is 16.7. The molecule has 1 aliphatic heterocycles. The van der Waals surface area contributed by atoms with Crippen molar-refractivity contribution in [3.63, 3.8) is 0 Å². The van der Waals surface area contributed by atoms with Crippen LogP contribution in [0.3, 0.4) is 0 Å². The molecule has 1 fully saturated rings. The van der Waals surface area contributed by atoms with Crippen LogP contribution in [0.5, 0.6) is 0 Å². The molecule has 0 aromatic heterocycles. The molecule has 1 rings (SSSR count). The molecular formula is C38H73NO8. The van der Waals surface area contributed by atoms with Crippen molar-refractivity contribution in [1.82, 2.24) is 5.32 Å². The number of rotatable bonds is 31. The number of aliphatic hydroxyl groups excluding tert-OH is 5. The maximum Gasteiger partial charge on any atom is 0.220 e. The number of hydrogen-bond donors (Lipinski definition) is 6. The van der Waals surface area contributed by atoms with Crippen LogP contribution >= 0.6 is 0 Å². The normalized spacial score (nSPS) is 22.9. The lowest BCUT2D eigenvalue weighted by atomic mass is 9.99. The lowest BCUT2D eigenvalue weighted by molar-refractivity contribution is -0.302. The third kappa shape index (κ3) is 21.6. The largest absolute Gasteiger partial charge is 0.394 e. The van der Waals surface area contributed by atoms with Gasteiger partial charge >= 0.3 is 0 Å². The van der Waals surface area contributed by atoms with E-state index in [9.17, 15) is 30.3 Å². The van der Waals surface area contributed by atoms with E-state index in [0.717, 1.165) is 38.5 Å². The molecular weight excluding hydrogens is 598 g/mol. The fraction of sp³-hybridized carbons (Fsp3) is 0.921. The first kappa shape index (κ1) is 44.0. The number of ether oxygens (including phenoxy) is 2. The van der Waals surface area contributed by atoms with Crippen molar-refractivity contribution in [2.75, 3.05) is 13.2 Å². The molecule has 0 aliphatic carbocycles. The van der Waals surface area contributed by atoms with Gasteiger partial charge in [0, 0.05) is 6.42 Å². The van der Waals surface area contributed by atoms with Crippen LogP contribution in [0.25, 0.3) is 0 Å². The Balaban J connectivity index is 2.43. The second kappa shape index (κ2) is 29.8. The minimum Gasteiger partial charge on any atom is -0.394 e. The van der Waals surface area contributed by atoms with Crippen molar-refractivity contribution in [1.29, 1.82) is 0 Å². The summed E-state index contributed by atoms with van der Waals surface area (Å²) >= 11 is 0. The maximum atomic E-state index is 12.8. The Kier molecular flexibility index (Phi) is 27.9. The zero-order valence-electron chi connectivity index (χ0n) is 30.0. The lowest BCUT2D eigenvalue weighted by Crippen LogP contribution is -2.60. The minimum absolute atomic E-state index is 0.179. The number of hydrogen-bond acceptors (Lipinski definition) is 8. The monoisotopic (exact) mass is 672 g/mol. The Morgan fingerprint density at radius 1 is 0.702 bits per heavy atom. The Bertz CT molecular complexity index is 751. The van der Waals surface area contributed by atoms with E-state index in [1.165, 1.54) is 109 Å². The van der Waals surface area contributed by atoms with Gasteiger partial charge in [-0.1, -0.05) is 154 Å². The molecule has 1 heterocycles. The van der Waals surface area contributed by atoms with Crippen LogP contribution in [-0.2, 0) is 14.3 Å². The molecule has 1 amide bonds. The van der Waals surface area contributed by atoms with Crippen LogP contribution in [0.1, 0.15) is 168 Å². The summed E-state index contributed by atoms with van der Waals surface area (Å²) in [5, 5.41) is 53.8. The SMILES string of the molecule is CCCCCCCCCC/C=C/[C@@H](O)[C@H](CO[C@H]1O[C@@H](CO)[C@H](O)C(O)C1O)NC(=O)CCCCCCCCCCCCCCCC. The molecule has 0 radical (unpaired) electrons. The molecule has 7 atom stereocenters. The van der Waals surface area contributed by atoms with E-state index in [4.69, 9.17) is 9.47 Å². The van der Waals surface area contributed by atoms with Gasteiger partial charge in [-0.25, -0.2) is 0 Å². The van der Waals surface area contributed by atoms with E-state index in [1.54, 1.807) is 6.08 Å². The number of unbranched alkanes of at least 4 members (excludes halogenated alkanes) is 21. The van der Waals surface area contributed by atoms with Gasteiger partial charge < -0.3 is 40.3 Å². The fourth-order valence-electron chi connectivity index (χ4n) is 6.15. The minimum atomic E-state index is -1.56. The van der Waals surface area contributed by atoms with E-state index in [0.29, 0.717) is 6.42 Å². The van der Waals surface area contributed by atoms with Crippen molar-refractivity contribution in [3.05, 3.63) is 12.2 Å². The van der Waals surface area contributed by atoms with Crippen molar-refractivity contribution in [3.8, 4) is 0 Å². The number of carbonyl (C=O) groups excluding carboxylic acids is 1. The summed E-state index contributed by atoms with van der Waals surface area (Å²) in [6.45, 7) is 3.73. The average Bonchev–Trinajstić information content (AvgIpc) is 3.07. The van der Waals surface area contributed by atoms with Gasteiger partial charge in [-0.3, -0.25) is 4.79 Å². The molecule has 278 valence electrons. The first-order chi connectivity index (χ1) is 22.8. The summed E-state index contributed by atoms with van der Waals surface area (Å²) in [5.41, 5.74) is 0. The fourth-order valence-corrected chi connectivity index (χ4v) is 6.15. The first-order valence-electron chi connectivity index (χ1n) is 19.4. The highest BCUT2D eigenvalue weighted by Gasteiger charge is 2.44. The summed E-state index contributed by atoms with van der Waals surface area (Å²) in [7, 11) is 0. The van der Waals surface area contributed by atoms with Gasteiger partial charge in [0.15, 0.2) is 6.29 Å². The number of aliphatic hydroxyl groups is 5. The van der Waals surface area contributed by atoms with Gasteiger partial charge in [-0.2, -0.15) is 0 Å². The quantitative estimate of drug-likeness (QED) is 0.0357. The van der Waals surface area contributed by atoms with Crippen LogP contribution in [0.15, 0.2) is 12.2 Å². The van der Waals surface area contributed by atoms with Crippen LogP contribution in [0, 0.1) is 0 Å². The van der Waals surface area contributed by atoms with Gasteiger partial charge in [0.25, 0.3) is 0 Å². The van der Waals surface area contributed by atoms with Crippen molar-refractivity contribution >= 4 is 5.91 Å². The molecule has 9 heteroatoms. The zero-order valence-corrected chi connectivity index (χ0v) is 30.0. The summed E-state index contributed by atoms with van der Waals surface area (Å²) in [6, 6.07) is -0.795. The highest BCUT2D eigenvalue weighted by Crippen LogP contribution is 2.22. The third-order valence-electron chi connectivity index (χ3n) is 9.36.